The number of nitrogens with zero attached hydrogens (tertiary/aromatic N) is 1. The van der Waals surface area contributed by atoms with E-state index in [1.54, 1.807) is 24.3 Å². The van der Waals surface area contributed by atoms with Crippen LogP contribution in [0.4, 0.5) is 0 Å². The zero-order valence-electron chi connectivity index (χ0n) is 13.9. The van der Waals surface area contributed by atoms with Crippen LogP contribution >= 0.6 is 0 Å². The van der Waals surface area contributed by atoms with Crippen molar-refractivity contribution in [1.29, 1.82) is 0 Å². The number of ether oxygens (including phenoxy) is 1. The molecule has 1 N–H and O–H groups in total. The summed E-state index contributed by atoms with van der Waals surface area (Å²) in [7, 11) is 0. The fraction of sp³-hybridized carbons (Fsp3) is 0.300. The highest BCUT2D eigenvalue weighted by Crippen LogP contribution is 2.26. The SMILES string of the molecule is O=C1c2ccccc2C(=O)N1N[C@H]1CCCC[C@H]1Oc1ccccc1. The van der Waals surface area contributed by atoms with E-state index in [-0.39, 0.29) is 24.0 Å². The first-order valence-corrected chi connectivity index (χ1v) is 8.70. The molecule has 1 fully saturated rings. The molecule has 25 heavy (non-hydrogen) atoms. The van der Waals surface area contributed by atoms with E-state index in [4.69, 9.17) is 4.74 Å². The van der Waals surface area contributed by atoms with E-state index in [1.165, 1.54) is 0 Å². The van der Waals surface area contributed by atoms with Crippen molar-refractivity contribution in [3.05, 3.63) is 65.7 Å². The Bertz CT molecular complexity index is 756. The fourth-order valence-corrected chi connectivity index (χ4v) is 3.53. The number of fused-ring (bicyclic) bond motifs is 1. The molecule has 5 nitrogen and oxygen atoms in total. The Balaban J connectivity index is 1.51. The molecule has 1 saturated carbocycles. The van der Waals surface area contributed by atoms with Gasteiger partial charge in [-0.2, -0.15) is 0 Å². The maximum atomic E-state index is 12.5. The maximum absolute atomic E-state index is 12.5. The Hall–Kier alpha value is -2.66. The average Bonchev–Trinajstić information content (AvgIpc) is 2.89. The van der Waals surface area contributed by atoms with Gasteiger partial charge in [-0.05, 0) is 43.5 Å². The average molecular weight is 336 g/mol. The molecule has 1 aliphatic heterocycles. The normalized spacial score (nSPS) is 22.8. The van der Waals surface area contributed by atoms with Crippen LogP contribution in [0.3, 0.4) is 0 Å². The van der Waals surface area contributed by atoms with Gasteiger partial charge in [0.15, 0.2) is 0 Å². The number of benzene rings is 2. The van der Waals surface area contributed by atoms with Crippen LogP contribution in [-0.2, 0) is 0 Å². The molecule has 2 aliphatic rings. The van der Waals surface area contributed by atoms with Crippen LogP contribution in [0.1, 0.15) is 46.4 Å². The first-order valence-electron chi connectivity index (χ1n) is 8.70. The van der Waals surface area contributed by atoms with E-state index in [1.807, 2.05) is 30.3 Å². The Labute approximate surface area is 146 Å². The third kappa shape index (κ3) is 3.03. The summed E-state index contributed by atoms with van der Waals surface area (Å²) in [4.78, 5) is 25.1. The highest BCUT2D eigenvalue weighted by Gasteiger charge is 2.38. The lowest BCUT2D eigenvalue weighted by Gasteiger charge is -2.34. The second-order valence-electron chi connectivity index (χ2n) is 6.48. The summed E-state index contributed by atoms with van der Waals surface area (Å²) in [5.41, 5.74) is 4.05. The Morgan fingerprint density at radius 1 is 0.840 bits per heavy atom. The molecule has 1 heterocycles. The molecule has 0 aromatic heterocycles. The van der Waals surface area contributed by atoms with Gasteiger partial charge in [0.2, 0.25) is 0 Å². The lowest BCUT2D eigenvalue weighted by atomic mass is 9.93. The van der Waals surface area contributed by atoms with Crippen molar-refractivity contribution in [2.45, 2.75) is 37.8 Å². The minimum absolute atomic E-state index is 0.0690. The van der Waals surface area contributed by atoms with Gasteiger partial charge in [-0.15, -0.1) is 0 Å². The van der Waals surface area contributed by atoms with Crippen LogP contribution in [0.5, 0.6) is 5.75 Å². The van der Waals surface area contributed by atoms with Crippen LogP contribution in [-0.4, -0.2) is 29.0 Å². The molecule has 1 aliphatic carbocycles. The molecule has 0 unspecified atom stereocenters. The van der Waals surface area contributed by atoms with Gasteiger partial charge in [0, 0.05) is 0 Å². The van der Waals surface area contributed by atoms with Crippen molar-refractivity contribution in [1.82, 2.24) is 10.4 Å². The van der Waals surface area contributed by atoms with Crippen LogP contribution in [0.25, 0.3) is 0 Å². The van der Waals surface area contributed by atoms with Crippen molar-refractivity contribution < 1.29 is 14.3 Å². The molecule has 0 saturated heterocycles. The summed E-state index contributed by atoms with van der Waals surface area (Å²) < 4.78 is 6.11. The van der Waals surface area contributed by atoms with Crippen molar-refractivity contribution in [3.63, 3.8) is 0 Å². The first-order chi connectivity index (χ1) is 12.2. The van der Waals surface area contributed by atoms with Crippen molar-refractivity contribution >= 4 is 11.8 Å². The minimum Gasteiger partial charge on any atom is -0.489 e. The minimum atomic E-state index is -0.287. The molecule has 2 amide bonds. The fourth-order valence-electron chi connectivity index (χ4n) is 3.53. The molecule has 5 heteroatoms. The monoisotopic (exact) mass is 336 g/mol. The van der Waals surface area contributed by atoms with Gasteiger partial charge in [0.25, 0.3) is 11.8 Å². The molecule has 2 aromatic carbocycles. The van der Waals surface area contributed by atoms with Gasteiger partial charge in [-0.1, -0.05) is 36.8 Å². The number of rotatable bonds is 4. The standard InChI is InChI=1S/C20H20N2O3/c23-19-15-10-4-5-11-16(15)20(24)22(19)21-17-12-6-7-13-18(17)25-14-8-2-1-3-9-14/h1-5,8-11,17-18,21H,6-7,12-13H2/t17-,18+/m0/s1. The number of hydrogen-bond acceptors (Lipinski definition) is 4. The van der Waals surface area contributed by atoms with E-state index < -0.39 is 0 Å². The summed E-state index contributed by atoms with van der Waals surface area (Å²) in [5.74, 6) is 0.234. The highest BCUT2D eigenvalue weighted by atomic mass is 16.5. The number of carbonyl (C=O) groups excluding carboxylic acids is 2. The van der Waals surface area contributed by atoms with E-state index in [2.05, 4.69) is 5.43 Å². The molecule has 2 aromatic rings. The summed E-state index contributed by atoms with van der Waals surface area (Å²) >= 11 is 0. The number of amides is 2. The second kappa shape index (κ2) is 6.69. The van der Waals surface area contributed by atoms with Crippen LogP contribution in [0.15, 0.2) is 54.6 Å². The molecule has 0 spiro atoms. The van der Waals surface area contributed by atoms with Gasteiger partial charge in [-0.3, -0.25) is 9.59 Å². The van der Waals surface area contributed by atoms with Gasteiger partial charge < -0.3 is 4.74 Å². The van der Waals surface area contributed by atoms with Crippen molar-refractivity contribution in [3.8, 4) is 5.75 Å². The lowest BCUT2D eigenvalue weighted by Crippen LogP contribution is -2.54. The Morgan fingerprint density at radius 2 is 1.44 bits per heavy atom. The smallest absolute Gasteiger partial charge is 0.276 e. The van der Waals surface area contributed by atoms with E-state index in [0.29, 0.717) is 11.1 Å². The zero-order chi connectivity index (χ0) is 17.2. The molecular formula is C20H20N2O3. The summed E-state index contributed by atoms with van der Waals surface area (Å²) in [6, 6.07) is 16.5. The summed E-state index contributed by atoms with van der Waals surface area (Å²) in [6.45, 7) is 0. The third-order valence-corrected chi connectivity index (χ3v) is 4.82. The van der Waals surface area contributed by atoms with Crippen LogP contribution in [0.2, 0.25) is 0 Å². The summed E-state index contributed by atoms with van der Waals surface area (Å²) in [6.07, 6.45) is 3.83. The molecule has 0 radical (unpaired) electrons. The van der Waals surface area contributed by atoms with Gasteiger partial charge in [0.05, 0.1) is 17.2 Å². The molecule has 0 bridgehead atoms. The molecule has 4 rings (SSSR count). The number of nitrogens with one attached hydrogen (secondary N) is 1. The number of hydrogen-bond donors (Lipinski definition) is 1. The van der Waals surface area contributed by atoms with E-state index in [0.717, 1.165) is 36.4 Å². The zero-order valence-corrected chi connectivity index (χ0v) is 13.9. The third-order valence-electron chi connectivity index (χ3n) is 4.82. The molecule has 2 atom stereocenters. The number of para-hydroxylation sites is 1. The Kier molecular flexibility index (Phi) is 4.24. The number of imide groups is 1. The molecular weight excluding hydrogens is 316 g/mol. The van der Waals surface area contributed by atoms with Gasteiger partial charge >= 0.3 is 0 Å². The number of carbonyl (C=O) groups is 2. The van der Waals surface area contributed by atoms with Gasteiger partial charge in [0.1, 0.15) is 11.9 Å². The largest absolute Gasteiger partial charge is 0.489 e. The second-order valence-corrected chi connectivity index (χ2v) is 6.48. The van der Waals surface area contributed by atoms with Crippen molar-refractivity contribution in [2.75, 3.05) is 0 Å². The lowest BCUT2D eigenvalue weighted by molar-refractivity contribution is 0.0374. The highest BCUT2D eigenvalue weighted by molar-refractivity contribution is 6.20. The van der Waals surface area contributed by atoms with Gasteiger partial charge in [-0.25, -0.2) is 10.4 Å². The summed E-state index contributed by atoms with van der Waals surface area (Å²) in [5, 5.41) is 1.15. The van der Waals surface area contributed by atoms with Crippen LogP contribution in [0, 0.1) is 0 Å². The quantitative estimate of drug-likeness (QED) is 0.871. The first kappa shape index (κ1) is 15.8. The van der Waals surface area contributed by atoms with E-state index >= 15 is 0 Å². The van der Waals surface area contributed by atoms with E-state index in [9.17, 15) is 9.59 Å². The Morgan fingerprint density at radius 3 is 2.12 bits per heavy atom. The predicted octanol–water partition coefficient (Wildman–Crippen LogP) is 3.18. The number of hydrazine groups is 1. The molecule has 128 valence electrons. The van der Waals surface area contributed by atoms with Crippen molar-refractivity contribution in [2.24, 2.45) is 0 Å². The topological polar surface area (TPSA) is 58.6 Å². The maximum Gasteiger partial charge on any atom is 0.276 e. The predicted molar refractivity (Wildman–Crippen MR) is 93.2 cm³/mol. The van der Waals surface area contributed by atoms with Crippen LogP contribution < -0.4 is 10.2 Å².